The number of ketones is 1. The van der Waals surface area contributed by atoms with Crippen LogP contribution < -0.4 is 0 Å². The Morgan fingerprint density at radius 3 is 2.04 bits per heavy atom. The van der Waals surface area contributed by atoms with E-state index in [-0.39, 0.29) is 5.56 Å². The second-order valence-corrected chi connectivity index (χ2v) is 4.62. The molecule has 2 aromatic rings. The lowest BCUT2D eigenvalue weighted by molar-refractivity contribution is -0.385. The van der Waals surface area contributed by atoms with Crippen molar-refractivity contribution in [2.45, 2.75) is 6.18 Å². The summed E-state index contributed by atoms with van der Waals surface area (Å²) in [7, 11) is 0. The summed E-state index contributed by atoms with van der Waals surface area (Å²) in [6, 6.07) is 5.67. The molecule has 0 aliphatic rings. The maximum atomic E-state index is 13.0. The first kappa shape index (κ1) is 17.1. The zero-order valence-electron chi connectivity index (χ0n) is 11.6. The van der Waals surface area contributed by atoms with Crippen LogP contribution in [0.3, 0.4) is 0 Å². The third-order valence-corrected chi connectivity index (χ3v) is 3.08. The number of benzene rings is 2. The number of alkyl halides is 3. The minimum Gasteiger partial charge on any atom is -0.289 e. The molecular weight excluding hydrogens is 333 g/mol. The minimum absolute atomic E-state index is 0.379. The highest BCUT2D eigenvalue weighted by atomic mass is 19.4. The molecule has 7 nitrogen and oxygen atoms in total. The molecule has 0 aliphatic heterocycles. The molecule has 0 aromatic heterocycles. The molecule has 0 N–H and O–H groups in total. The van der Waals surface area contributed by atoms with Crippen molar-refractivity contribution < 1.29 is 27.8 Å². The highest BCUT2D eigenvalue weighted by Crippen LogP contribution is 2.35. The van der Waals surface area contributed by atoms with Gasteiger partial charge in [0.2, 0.25) is 0 Å². The Morgan fingerprint density at radius 1 is 0.917 bits per heavy atom. The third-order valence-electron chi connectivity index (χ3n) is 3.08. The van der Waals surface area contributed by atoms with Gasteiger partial charge < -0.3 is 0 Å². The van der Waals surface area contributed by atoms with Crippen LogP contribution >= 0.6 is 0 Å². The fourth-order valence-corrected chi connectivity index (χ4v) is 2.00. The quantitative estimate of drug-likeness (QED) is 0.479. The molecular formula is C14H7F3N2O5. The van der Waals surface area contributed by atoms with Crippen molar-refractivity contribution >= 4 is 17.2 Å². The molecule has 2 rings (SSSR count). The van der Waals surface area contributed by atoms with Gasteiger partial charge in [-0.15, -0.1) is 0 Å². The lowest BCUT2D eigenvalue weighted by Gasteiger charge is -2.12. The van der Waals surface area contributed by atoms with Gasteiger partial charge in [-0.3, -0.25) is 25.0 Å². The zero-order chi connectivity index (χ0) is 18.1. The van der Waals surface area contributed by atoms with E-state index in [9.17, 15) is 38.2 Å². The maximum Gasteiger partial charge on any atom is 0.417 e. The zero-order valence-corrected chi connectivity index (χ0v) is 11.6. The van der Waals surface area contributed by atoms with Crippen LogP contribution in [0.5, 0.6) is 0 Å². The molecule has 10 heteroatoms. The number of nitrogens with zero attached hydrogens (tertiary/aromatic N) is 2. The lowest BCUT2D eigenvalue weighted by Crippen LogP contribution is -2.14. The van der Waals surface area contributed by atoms with E-state index in [0.717, 1.165) is 24.3 Å². The molecule has 0 saturated heterocycles. The van der Waals surface area contributed by atoms with Crippen molar-refractivity contribution in [2.75, 3.05) is 0 Å². The molecule has 0 spiro atoms. The molecule has 0 heterocycles. The predicted molar refractivity (Wildman–Crippen MR) is 74.6 cm³/mol. The van der Waals surface area contributed by atoms with Crippen LogP contribution in [0.2, 0.25) is 0 Å². The summed E-state index contributed by atoms with van der Waals surface area (Å²) >= 11 is 0. The Labute approximate surface area is 131 Å². The van der Waals surface area contributed by atoms with Crippen LogP contribution in [0.25, 0.3) is 0 Å². The SMILES string of the molecule is O=C(c1cccc([N+](=O)[O-])c1)c1cc([N+](=O)[O-])ccc1C(F)(F)F. The standard InChI is InChI=1S/C14H7F3N2O5/c15-14(16,17)12-5-4-10(19(23)24)7-11(12)13(20)8-2-1-3-9(6-8)18(21)22/h1-7H. The molecule has 0 amide bonds. The molecule has 0 saturated carbocycles. The highest BCUT2D eigenvalue weighted by molar-refractivity contribution is 6.10. The van der Waals surface area contributed by atoms with Crippen molar-refractivity contribution in [2.24, 2.45) is 0 Å². The third kappa shape index (κ3) is 3.37. The Balaban J connectivity index is 2.63. The molecule has 24 heavy (non-hydrogen) atoms. The van der Waals surface area contributed by atoms with Crippen molar-refractivity contribution in [3.8, 4) is 0 Å². The van der Waals surface area contributed by atoms with Crippen LogP contribution in [-0.4, -0.2) is 15.6 Å². The number of hydrogen-bond acceptors (Lipinski definition) is 5. The average Bonchev–Trinajstić information content (AvgIpc) is 2.52. The Morgan fingerprint density at radius 2 is 1.50 bits per heavy atom. The molecule has 0 bridgehead atoms. The van der Waals surface area contributed by atoms with Crippen LogP contribution in [-0.2, 0) is 6.18 Å². The van der Waals surface area contributed by atoms with E-state index in [2.05, 4.69) is 0 Å². The summed E-state index contributed by atoms with van der Waals surface area (Å²) < 4.78 is 39.1. The fraction of sp³-hybridized carbons (Fsp3) is 0.0714. The smallest absolute Gasteiger partial charge is 0.289 e. The first-order valence-electron chi connectivity index (χ1n) is 6.26. The van der Waals surface area contributed by atoms with Gasteiger partial charge in [0, 0.05) is 35.4 Å². The summed E-state index contributed by atoms with van der Waals surface area (Å²) in [6.45, 7) is 0. The monoisotopic (exact) mass is 340 g/mol. The summed E-state index contributed by atoms with van der Waals surface area (Å²) in [5.41, 5.74) is -3.87. The van der Waals surface area contributed by atoms with Crippen molar-refractivity contribution in [1.82, 2.24) is 0 Å². The molecule has 0 aliphatic carbocycles. The van der Waals surface area contributed by atoms with Crippen molar-refractivity contribution in [3.63, 3.8) is 0 Å². The van der Waals surface area contributed by atoms with Gasteiger partial charge in [0.15, 0.2) is 5.78 Å². The molecule has 0 atom stereocenters. The van der Waals surface area contributed by atoms with E-state index in [1.54, 1.807) is 0 Å². The van der Waals surface area contributed by atoms with Gasteiger partial charge in [-0.2, -0.15) is 13.2 Å². The summed E-state index contributed by atoms with van der Waals surface area (Å²) in [5, 5.41) is 21.4. The minimum atomic E-state index is -4.92. The van der Waals surface area contributed by atoms with Gasteiger partial charge in [0.1, 0.15) is 0 Å². The average molecular weight is 340 g/mol. The fourth-order valence-electron chi connectivity index (χ4n) is 2.00. The number of nitro benzene ring substituents is 2. The van der Waals surface area contributed by atoms with Crippen molar-refractivity contribution in [1.29, 1.82) is 0 Å². The van der Waals surface area contributed by atoms with E-state index < -0.39 is 44.3 Å². The number of nitro groups is 2. The molecule has 124 valence electrons. The van der Waals surface area contributed by atoms with Crippen LogP contribution in [0.4, 0.5) is 24.5 Å². The number of hydrogen-bond donors (Lipinski definition) is 0. The Bertz CT molecular complexity index is 849. The van der Waals surface area contributed by atoms with Gasteiger partial charge in [0.25, 0.3) is 11.4 Å². The molecule has 0 fully saturated rings. The Kier molecular flexibility index (Phi) is 4.31. The van der Waals surface area contributed by atoms with Crippen molar-refractivity contribution in [3.05, 3.63) is 79.4 Å². The van der Waals surface area contributed by atoms with E-state index in [1.807, 2.05) is 0 Å². The number of halogens is 3. The lowest BCUT2D eigenvalue weighted by atomic mass is 9.97. The molecule has 2 aromatic carbocycles. The van der Waals surface area contributed by atoms with Gasteiger partial charge in [-0.05, 0) is 6.07 Å². The first-order chi connectivity index (χ1) is 11.1. The van der Waals surface area contributed by atoms with E-state index in [4.69, 9.17) is 0 Å². The number of carbonyl (C=O) groups excluding carboxylic acids is 1. The number of non-ortho nitro benzene ring substituents is 2. The second kappa shape index (κ2) is 6.07. The summed E-state index contributed by atoms with van der Waals surface area (Å²) in [6.07, 6.45) is -4.92. The van der Waals surface area contributed by atoms with Gasteiger partial charge >= 0.3 is 6.18 Å². The van der Waals surface area contributed by atoms with Gasteiger partial charge in [0.05, 0.1) is 15.4 Å². The number of rotatable bonds is 4. The van der Waals surface area contributed by atoms with Crippen LogP contribution in [0.1, 0.15) is 21.5 Å². The highest BCUT2D eigenvalue weighted by Gasteiger charge is 2.36. The first-order valence-corrected chi connectivity index (χ1v) is 6.26. The topological polar surface area (TPSA) is 103 Å². The second-order valence-electron chi connectivity index (χ2n) is 4.62. The maximum absolute atomic E-state index is 13.0. The van der Waals surface area contributed by atoms with Gasteiger partial charge in [-0.25, -0.2) is 0 Å². The van der Waals surface area contributed by atoms with Gasteiger partial charge in [-0.1, -0.05) is 12.1 Å². The summed E-state index contributed by atoms with van der Waals surface area (Å²) in [4.78, 5) is 32.0. The molecule has 0 unspecified atom stereocenters. The van der Waals surface area contributed by atoms with Crippen LogP contribution in [0, 0.1) is 20.2 Å². The van der Waals surface area contributed by atoms with E-state index >= 15 is 0 Å². The van der Waals surface area contributed by atoms with E-state index in [0.29, 0.717) is 18.2 Å². The van der Waals surface area contributed by atoms with E-state index in [1.165, 1.54) is 0 Å². The summed E-state index contributed by atoms with van der Waals surface area (Å²) in [5.74, 6) is -1.20. The largest absolute Gasteiger partial charge is 0.417 e. The van der Waals surface area contributed by atoms with Crippen LogP contribution in [0.15, 0.2) is 42.5 Å². The Hall–Kier alpha value is -3.30. The molecule has 0 radical (unpaired) electrons. The predicted octanol–water partition coefficient (Wildman–Crippen LogP) is 3.75. The normalized spacial score (nSPS) is 11.1. The number of carbonyl (C=O) groups is 1.